The van der Waals surface area contributed by atoms with E-state index in [4.69, 9.17) is 4.74 Å². The number of rotatable bonds is 2. The zero-order chi connectivity index (χ0) is 19.6. The van der Waals surface area contributed by atoms with Crippen LogP contribution in [0.4, 0.5) is 14.9 Å². The van der Waals surface area contributed by atoms with E-state index in [1.807, 2.05) is 18.2 Å². The largest absolute Gasteiger partial charge is 0.497 e. The molecule has 1 atom stereocenters. The predicted octanol–water partition coefficient (Wildman–Crippen LogP) is 3.56. The summed E-state index contributed by atoms with van der Waals surface area (Å²) in [5.41, 5.74) is 1.68. The highest BCUT2D eigenvalue weighted by molar-refractivity contribution is 6.23. The van der Waals surface area contributed by atoms with Gasteiger partial charge in [-0.15, -0.1) is 0 Å². The van der Waals surface area contributed by atoms with E-state index < -0.39 is 17.4 Å². The van der Waals surface area contributed by atoms with Crippen LogP contribution in [-0.4, -0.2) is 35.5 Å². The van der Waals surface area contributed by atoms with E-state index in [2.05, 4.69) is 4.98 Å². The van der Waals surface area contributed by atoms with E-state index in [0.29, 0.717) is 18.7 Å². The van der Waals surface area contributed by atoms with E-state index in [1.165, 1.54) is 18.2 Å². The summed E-state index contributed by atoms with van der Waals surface area (Å²) >= 11 is 0. The topological polar surface area (TPSA) is 65.6 Å². The third-order valence-electron chi connectivity index (χ3n) is 5.83. The van der Waals surface area contributed by atoms with Crippen molar-refractivity contribution in [1.29, 1.82) is 0 Å². The Morgan fingerprint density at radius 3 is 2.75 bits per heavy atom. The van der Waals surface area contributed by atoms with Crippen molar-refractivity contribution in [3.05, 3.63) is 59.5 Å². The number of carbonyl (C=O) groups excluding carboxylic acids is 2. The molecule has 3 aromatic rings. The summed E-state index contributed by atoms with van der Waals surface area (Å²) in [5, 5.41) is 0.986. The lowest BCUT2D eigenvalue weighted by molar-refractivity contribution is -0.125. The number of H-pyrrole nitrogens is 1. The molecule has 5 rings (SSSR count). The number of anilines is 1. The van der Waals surface area contributed by atoms with Gasteiger partial charge in [-0.25, -0.2) is 14.1 Å². The number of urea groups is 1. The Kier molecular flexibility index (Phi) is 3.34. The van der Waals surface area contributed by atoms with E-state index in [-0.39, 0.29) is 11.6 Å². The quantitative estimate of drug-likeness (QED) is 0.693. The first-order valence-corrected chi connectivity index (χ1v) is 9.06. The number of fused-ring (bicyclic) bond motifs is 5. The Bertz CT molecular complexity index is 1160. The Balaban J connectivity index is 1.68. The molecule has 1 fully saturated rings. The lowest BCUT2D eigenvalue weighted by atomic mass is 9.87. The summed E-state index contributed by atoms with van der Waals surface area (Å²) in [6, 6.07) is 10.8. The second kappa shape index (κ2) is 5.58. The SMILES string of the molecule is COc1ccc2[nH]c3c(c2c1)CCN1C(=O)N(c2cccc(F)c2)C(=O)C31C. The van der Waals surface area contributed by atoms with Crippen LogP contribution in [0.15, 0.2) is 42.5 Å². The molecule has 0 saturated carbocycles. The first-order chi connectivity index (χ1) is 13.4. The number of aromatic amines is 1. The van der Waals surface area contributed by atoms with Gasteiger partial charge in [-0.3, -0.25) is 4.79 Å². The monoisotopic (exact) mass is 379 g/mol. The first kappa shape index (κ1) is 16.8. The maximum absolute atomic E-state index is 13.7. The average Bonchev–Trinajstić information content (AvgIpc) is 3.15. The van der Waals surface area contributed by atoms with Gasteiger partial charge in [-0.2, -0.15) is 0 Å². The molecule has 2 aliphatic rings. The van der Waals surface area contributed by atoms with Gasteiger partial charge in [0.15, 0.2) is 5.54 Å². The third kappa shape index (κ3) is 2.01. The number of carbonyl (C=O) groups is 2. The maximum atomic E-state index is 13.7. The molecule has 7 heteroatoms. The van der Waals surface area contributed by atoms with Crippen LogP contribution < -0.4 is 9.64 Å². The number of hydrogen-bond acceptors (Lipinski definition) is 3. The van der Waals surface area contributed by atoms with Crippen LogP contribution in [-0.2, 0) is 16.8 Å². The van der Waals surface area contributed by atoms with Gasteiger partial charge in [-0.1, -0.05) is 6.07 Å². The molecule has 3 heterocycles. The molecule has 3 amide bonds. The third-order valence-corrected chi connectivity index (χ3v) is 5.83. The number of methoxy groups -OCH3 is 1. The zero-order valence-corrected chi connectivity index (χ0v) is 15.5. The highest BCUT2D eigenvalue weighted by atomic mass is 19.1. The van der Waals surface area contributed by atoms with Gasteiger partial charge in [0.2, 0.25) is 0 Å². The molecule has 6 nitrogen and oxygen atoms in total. The molecule has 142 valence electrons. The highest BCUT2D eigenvalue weighted by Crippen LogP contribution is 2.45. The lowest BCUT2D eigenvalue weighted by Gasteiger charge is -2.35. The molecule has 0 aliphatic carbocycles. The molecule has 2 aromatic carbocycles. The number of nitrogens with one attached hydrogen (secondary N) is 1. The fraction of sp³-hybridized carbons (Fsp3) is 0.238. The standard InChI is InChI=1S/C21H18FN3O3/c1-21-18-15(16-11-14(28-2)6-7-17(16)23-18)8-9-24(21)20(27)25(19(21)26)13-5-3-4-12(22)10-13/h3-7,10-11,23H,8-9H2,1-2H3. The number of ether oxygens (including phenoxy) is 1. The van der Waals surface area contributed by atoms with Crippen LogP contribution in [0.5, 0.6) is 5.75 Å². The normalized spacial score (nSPS) is 21.2. The molecule has 1 aromatic heterocycles. The van der Waals surface area contributed by atoms with E-state index in [1.54, 1.807) is 25.0 Å². The number of hydrogen-bond donors (Lipinski definition) is 1. The van der Waals surface area contributed by atoms with Crippen LogP contribution in [0.25, 0.3) is 10.9 Å². The summed E-state index contributed by atoms with van der Waals surface area (Å²) in [4.78, 5) is 32.5. The molecule has 28 heavy (non-hydrogen) atoms. The number of amides is 3. The van der Waals surface area contributed by atoms with Crippen LogP contribution >= 0.6 is 0 Å². The Morgan fingerprint density at radius 1 is 1.18 bits per heavy atom. The van der Waals surface area contributed by atoms with Gasteiger partial charge in [0.05, 0.1) is 18.5 Å². The smallest absolute Gasteiger partial charge is 0.332 e. The maximum Gasteiger partial charge on any atom is 0.332 e. The summed E-state index contributed by atoms with van der Waals surface area (Å²) in [5.74, 6) is -0.147. The van der Waals surface area contributed by atoms with Crippen molar-refractivity contribution >= 4 is 28.5 Å². The zero-order valence-electron chi connectivity index (χ0n) is 15.5. The molecule has 1 saturated heterocycles. The minimum absolute atomic E-state index is 0.241. The molecule has 2 aliphatic heterocycles. The number of aromatic nitrogens is 1. The average molecular weight is 379 g/mol. The van der Waals surface area contributed by atoms with E-state index in [0.717, 1.165) is 27.1 Å². The number of benzene rings is 2. The van der Waals surface area contributed by atoms with E-state index in [9.17, 15) is 14.0 Å². The molecular weight excluding hydrogens is 361 g/mol. The predicted molar refractivity (Wildman–Crippen MR) is 102 cm³/mol. The molecule has 0 bridgehead atoms. The highest BCUT2D eigenvalue weighted by Gasteiger charge is 2.59. The minimum atomic E-state index is -1.16. The Hall–Kier alpha value is -3.35. The van der Waals surface area contributed by atoms with Gasteiger partial charge in [0.25, 0.3) is 5.91 Å². The van der Waals surface area contributed by atoms with Gasteiger partial charge < -0.3 is 14.6 Å². The fourth-order valence-electron chi connectivity index (χ4n) is 4.39. The molecular formula is C21H18FN3O3. The van der Waals surface area contributed by atoms with Gasteiger partial charge in [0.1, 0.15) is 11.6 Å². The summed E-state index contributed by atoms with van der Waals surface area (Å²) < 4.78 is 19.0. The van der Waals surface area contributed by atoms with Crippen molar-refractivity contribution in [3.8, 4) is 5.75 Å². The van der Waals surface area contributed by atoms with Crippen molar-refractivity contribution in [1.82, 2.24) is 9.88 Å². The van der Waals surface area contributed by atoms with Crippen LogP contribution in [0.2, 0.25) is 0 Å². The van der Waals surface area contributed by atoms with Gasteiger partial charge in [-0.05, 0) is 55.3 Å². The van der Waals surface area contributed by atoms with Crippen molar-refractivity contribution in [2.75, 3.05) is 18.6 Å². The Morgan fingerprint density at radius 2 is 2.00 bits per heavy atom. The van der Waals surface area contributed by atoms with Gasteiger partial charge >= 0.3 is 6.03 Å². The van der Waals surface area contributed by atoms with Crippen LogP contribution in [0, 0.1) is 5.82 Å². The molecule has 0 spiro atoms. The van der Waals surface area contributed by atoms with Crippen molar-refractivity contribution in [2.45, 2.75) is 18.9 Å². The molecule has 0 radical (unpaired) electrons. The molecule has 1 N–H and O–H groups in total. The fourth-order valence-corrected chi connectivity index (χ4v) is 4.39. The second-order valence-corrected chi connectivity index (χ2v) is 7.27. The summed E-state index contributed by atoms with van der Waals surface area (Å²) in [6.45, 7) is 2.15. The Labute approximate surface area is 160 Å². The molecule has 1 unspecified atom stereocenters. The summed E-state index contributed by atoms with van der Waals surface area (Å²) in [7, 11) is 1.61. The van der Waals surface area contributed by atoms with Crippen molar-refractivity contribution < 1.29 is 18.7 Å². The van der Waals surface area contributed by atoms with Crippen molar-refractivity contribution in [2.24, 2.45) is 0 Å². The first-order valence-electron chi connectivity index (χ1n) is 9.06. The second-order valence-electron chi connectivity index (χ2n) is 7.27. The minimum Gasteiger partial charge on any atom is -0.497 e. The summed E-state index contributed by atoms with van der Waals surface area (Å²) in [6.07, 6.45) is 0.619. The van der Waals surface area contributed by atoms with E-state index >= 15 is 0 Å². The van der Waals surface area contributed by atoms with Crippen LogP contribution in [0.3, 0.4) is 0 Å². The van der Waals surface area contributed by atoms with Crippen LogP contribution in [0.1, 0.15) is 18.2 Å². The number of nitrogens with zero attached hydrogens (tertiary/aromatic N) is 2. The van der Waals surface area contributed by atoms with Gasteiger partial charge in [0, 0.05) is 17.4 Å². The number of imide groups is 1. The van der Waals surface area contributed by atoms with Crippen molar-refractivity contribution in [3.63, 3.8) is 0 Å². The number of halogens is 1. The lowest BCUT2D eigenvalue weighted by Crippen LogP contribution is -2.49.